The van der Waals surface area contributed by atoms with Crippen molar-refractivity contribution in [3.63, 3.8) is 0 Å². The summed E-state index contributed by atoms with van der Waals surface area (Å²) in [5, 5.41) is 20.8. The summed E-state index contributed by atoms with van der Waals surface area (Å²) in [5.74, 6) is -2.27. The van der Waals surface area contributed by atoms with Gasteiger partial charge < -0.3 is 15.7 Å². The number of benzene rings is 3. The van der Waals surface area contributed by atoms with Crippen LogP contribution < -0.4 is 16.0 Å². The Morgan fingerprint density at radius 3 is 2.22 bits per heavy atom. The molecular formula is C37H34FN7O5. The number of amides is 4. The topological polar surface area (TPSA) is 162 Å². The van der Waals surface area contributed by atoms with E-state index < -0.39 is 35.5 Å². The SMILES string of the molecule is Nc1nnc(-c2ccccc2O)cc1-c1ccc(C2CCN(C3CN(c4cc5c(cc4F)C(=O)N(C4CCC(=O)NC4=O)C5=O)C3)CC2)cc1. The summed E-state index contributed by atoms with van der Waals surface area (Å²) in [6.45, 7) is 2.99. The number of nitrogens with two attached hydrogens (primary N) is 1. The van der Waals surface area contributed by atoms with Crippen molar-refractivity contribution in [1.29, 1.82) is 0 Å². The molecule has 4 amide bonds. The molecule has 4 N–H and O–H groups in total. The zero-order valence-electron chi connectivity index (χ0n) is 27.0. The summed E-state index contributed by atoms with van der Waals surface area (Å²) in [4.78, 5) is 55.4. The summed E-state index contributed by atoms with van der Waals surface area (Å²) >= 11 is 0. The molecule has 12 nitrogen and oxygen atoms in total. The number of para-hydroxylation sites is 1. The Morgan fingerprint density at radius 2 is 1.52 bits per heavy atom. The molecular weight excluding hydrogens is 641 g/mol. The number of fused-ring (bicyclic) bond motifs is 1. The maximum atomic E-state index is 15.3. The molecule has 3 aromatic carbocycles. The number of carbonyl (C=O) groups is 4. The van der Waals surface area contributed by atoms with Crippen molar-refractivity contribution >= 4 is 35.1 Å². The Morgan fingerprint density at radius 1 is 0.820 bits per heavy atom. The van der Waals surface area contributed by atoms with E-state index in [9.17, 15) is 24.3 Å². The quantitative estimate of drug-likeness (QED) is 0.257. The Bertz CT molecular complexity index is 2060. The van der Waals surface area contributed by atoms with Crippen LogP contribution >= 0.6 is 0 Å². The minimum absolute atomic E-state index is 0.0194. The fourth-order valence-corrected chi connectivity index (χ4v) is 7.59. The first kappa shape index (κ1) is 31.6. The van der Waals surface area contributed by atoms with Gasteiger partial charge in [0, 0.05) is 36.7 Å². The molecule has 13 heteroatoms. The summed E-state index contributed by atoms with van der Waals surface area (Å²) in [7, 11) is 0. The van der Waals surface area contributed by atoms with E-state index in [2.05, 4.69) is 32.5 Å². The van der Waals surface area contributed by atoms with Crippen molar-refractivity contribution in [2.45, 2.75) is 43.7 Å². The number of nitrogens with zero attached hydrogens (tertiary/aromatic N) is 5. The van der Waals surface area contributed by atoms with Crippen LogP contribution in [-0.4, -0.2) is 87.0 Å². The van der Waals surface area contributed by atoms with Crippen LogP contribution in [0.4, 0.5) is 15.9 Å². The van der Waals surface area contributed by atoms with E-state index >= 15 is 4.39 Å². The Hall–Kier alpha value is -5.69. The zero-order chi connectivity index (χ0) is 34.7. The molecule has 3 saturated heterocycles. The van der Waals surface area contributed by atoms with Crippen molar-refractivity contribution in [3.8, 4) is 28.1 Å². The van der Waals surface area contributed by atoms with Gasteiger partial charge in [-0.05, 0) is 79.7 Å². The molecule has 4 aliphatic rings. The first-order chi connectivity index (χ1) is 24.2. The number of carbonyl (C=O) groups excluding carboxylic acids is 4. The Kier molecular flexibility index (Phi) is 7.78. The van der Waals surface area contributed by atoms with Gasteiger partial charge in [0.15, 0.2) is 5.82 Å². The van der Waals surface area contributed by atoms with E-state index in [0.29, 0.717) is 36.1 Å². The number of aromatic hydroxyl groups is 1. The summed E-state index contributed by atoms with van der Waals surface area (Å²) < 4.78 is 15.3. The van der Waals surface area contributed by atoms with Crippen molar-refractivity contribution in [1.82, 2.24) is 25.3 Å². The molecule has 4 aliphatic heterocycles. The number of aromatic nitrogens is 2. The number of rotatable bonds is 6. The van der Waals surface area contributed by atoms with Crippen molar-refractivity contribution < 1.29 is 28.7 Å². The lowest BCUT2D eigenvalue weighted by atomic mass is 9.87. The Labute approximate surface area is 286 Å². The average Bonchev–Trinajstić information content (AvgIpc) is 3.33. The minimum atomic E-state index is -1.09. The highest BCUT2D eigenvalue weighted by molar-refractivity contribution is 6.23. The lowest BCUT2D eigenvalue weighted by molar-refractivity contribution is -0.136. The van der Waals surface area contributed by atoms with Gasteiger partial charge in [0.2, 0.25) is 11.8 Å². The molecule has 1 atom stereocenters. The van der Waals surface area contributed by atoms with Crippen LogP contribution in [0.2, 0.25) is 0 Å². The highest BCUT2D eigenvalue weighted by Gasteiger charge is 2.46. The molecule has 0 spiro atoms. The molecule has 3 fully saturated rings. The van der Waals surface area contributed by atoms with Crippen LogP contribution in [0.25, 0.3) is 22.4 Å². The van der Waals surface area contributed by atoms with Gasteiger partial charge in [0.05, 0.1) is 22.5 Å². The second kappa shape index (κ2) is 12.3. The molecule has 0 radical (unpaired) electrons. The van der Waals surface area contributed by atoms with Crippen LogP contribution in [0.3, 0.4) is 0 Å². The van der Waals surface area contributed by atoms with Gasteiger partial charge in [0.1, 0.15) is 17.6 Å². The summed E-state index contributed by atoms with van der Waals surface area (Å²) in [5.41, 5.74) is 10.5. The third-order valence-corrected chi connectivity index (χ3v) is 10.5. The monoisotopic (exact) mass is 675 g/mol. The van der Waals surface area contributed by atoms with Gasteiger partial charge in [-0.1, -0.05) is 36.4 Å². The molecule has 8 rings (SSSR count). The fraction of sp³-hybridized carbons (Fsp3) is 0.297. The number of anilines is 2. The normalized spacial score (nSPS) is 20.2. The number of phenols is 1. The number of likely N-dealkylation sites (tertiary alicyclic amines) is 1. The molecule has 1 aromatic heterocycles. The number of nitrogens with one attached hydrogen (secondary N) is 1. The van der Waals surface area contributed by atoms with Gasteiger partial charge >= 0.3 is 0 Å². The van der Waals surface area contributed by atoms with E-state index in [1.165, 1.54) is 11.6 Å². The number of piperidine rings is 2. The van der Waals surface area contributed by atoms with Crippen molar-refractivity contribution in [3.05, 3.63) is 89.2 Å². The van der Waals surface area contributed by atoms with Gasteiger partial charge in [-0.2, -0.15) is 0 Å². The third kappa shape index (κ3) is 5.43. The predicted molar refractivity (Wildman–Crippen MR) is 182 cm³/mol. The maximum Gasteiger partial charge on any atom is 0.262 e. The van der Waals surface area contributed by atoms with Crippen molar-refractivity contribution in [2.24, 2.45) is 0 Å². The first-order valence-electron chi connectivity index (χ1n) is 16.7. The highest BCUT2D eigenvalue weighted by Crippen LogP contribution is 2.37. The second-order valence-electron chi connectivity index (χ2n) is 13.3. The second-order valence-corrected chi connectivity index (χ2v) is 13.3. The van der Waals surface area contributed by atoms with Gasteiger partial charge in [0.25, 0.3) is 11.8 Å². The predicted octanol–water partition coefficient (Wildman–Crippen LogP) is 3.71. The van der Waals surface area contributed by atoms with Crippen LogP contribution in [0.1, 0.15) is 57.9 Å². The highest BCUT2D eigenvalue weighted by atomic mass is 19.1. The minimum Gasteiger partial charge on any atom is -0.507 e. The van der Waals surface area contributed by atoms with Crippen LogP contribution in [-0.2, 0) is 9.59 Å². The molecule has 4 aromatic rings. The lowest BCUT2D eigenvalue weighted by Crippen LogP contribution is -2.61. The number of hydrogen-bond acceptors (Lipinski definition) is 10. The lowest BCUT2D eigenvalue weighted by Gasteiger charge is -2.48. The number of halogens is 1. The van der Waals surface area contributed by atoms with Crippen LogP contribution in [0.15, 0.2) is 66.7 Å². The van der Waals surface area contributed by atoms with E-state index in [1.54, 1.807) is 18.2 Å². The largest absolute Gasteiger partial charge is 0.507 e. The van der Waals surface area contributed by atoms with Crippen LogP contribution in [0, 0.1) is 5.82 Å². The number of phenolic OH excluding ortho intramolecular Hbond substituents is 1. The van der Waals surface area contributed by atoms with Crippen molar-refractivity contribution in [2.75, 3.05) is 36.8 Å². The maximum absolute atomic E-state index is 15.3. The van der Waals surface area contributed by atoms with Gasteiger partial charge in [-0.25, -0.2) is 4.39 Å². The Balaban J connectivity index is 0.884. The third-order valence-electron chi connectivity index (χ3n) is 10.5. The zero-order valence-corrected chi connectivity index (χ0v) is 27.0. The molecule has 0 aliphatic carbocycles. The number of imide groups is 2. The average molecular weight is 676 g/mol. The first-order valence-corrected chi connectivity index (χ1v) is 16.7. The molecule has 0 saturated carbocycles. The molecule has 50 heavy (non-hydrogen) atoms. The smallest absolute Gasteiger partial charge is 0.262 e. The summed E-state index contributed by atoms with van der Waals surface area (Å²) in [6.07, 6.45) is 2.02. The molecule has 1 unspecified atom stereocenters. The van der Waals surface area contributed by atoms with E-state index in [4.69, 9.17) is 5.73 Å². The molecule has 0 bridgehead atoms. The number of nitrogen functional groups attached to an aromatic ring is 1. The van der Waals surface area contributed by atoms with Gasteiger partial charge in [-0.15, -0.1) is 10.2 Å². The van der Waals surface area contributed by atoms with E-state index in [-0.39, 0.29) is 41.4 Å². The van der Waals surface area contributed by atoms with Gasteiger partial charge in [-0.3, -0.25) is 34.3 Å². The van der Waals surface area contributed by atoms with Crippen LogP contribution in [0.5, 0.6) is 5.75 Å². The van der Waals surface area contributed by atoms with E-state index in [0.717, 1.165) is 48.0 Å². The van der Waals surface area contributed by atoms with E-state index in [1.807, 2.05) is 29.2 Å². The standard InChI is InChI=1S/C37H34FN7O5/c38-28-15-26-27(37(50)45(36(26)49)30-9-10-33(47)40-35(30)48)17-31(28)44-18-23(19-44)43-13-11-21(12-14-43)20-5-7-22(8-6-20)25-16-29(41-42-34(25)39)24-3-1-2-4-32(24)46/h1-8,15-17,21,23,30,46H,9-14,18-19H2,(H2,39,42)(H,40,47,48). The number of hydrogen-bond donors (Lipinski definition) is 3. The fourth-order valence-electron chi connectivity index (χ4n) is 7.59. The molecule has 5 heterocycles. The summed E-state index contributed by atoms with van der Waals surface area (Å²) in [6, 6.07) is 18.8. The molecule has 254 valence electrons.